The topological polar surface area (TPSA) is 17.1 Å². The first-order valence-corrected chi connectivity index (χ1v) is 5.15. The third-order valence-corrected chi connectivity index (χ3v) is 2.65. The minimum Gasteiger partial charge on any atom is -0.298 e. The van der Waals surface area contributed by atoms with Gasteiger partial charge in [0.1, 0.15) is 5.82 Å². The predicted octanol–water partition coefficient (Wildman–Crippen LogP) is 4.00. The molecule has 0 bridgehead atoms. The zero-order valence-electron chi connectivity index (χ0n) is 9.49. The van der Waals surface area contributed by atoms with Gasteiger partial charge in [0, 0.05) is 5.56 Å². The molecule has 0 fully saturated rings. The van der Waals surface area contributed by atoms with Crippen LogP contribution in [0, 0.1) is 34.9 Å². The van der Waals surface area contributed by atoms with E-state index in [0.29, 0.717) is 0 Å². The zero-order chi connectivity index (χ0) is 15.0. The summed E-state index contributed by atoms with van der Waals surface area (Å²) in [6.07, 6.45) is -0.0668. The highest BCUT2D eigenvalue weighted by atomic mass is 19.2. The summed E-state index contributed by atoms with van der Waals surface area (Å²) >= 11 is 0. The lowest BCUT2D eigenvalue weighted by Crippen LogP contribution is -2.06. The Balaban J connectivity index is 2.91. The van der Waals surface area contributed by atoms with E-state index in [1.807, 2.05) is 0 Å². The largest absolute Gasteiger partial charge is 0.298 e. The summed E-state index contributed by atoms with van der Waals surface area (Å²) in [5.74, 6) is -12.1. The standard InChI is InChI=1S/C13H4F6O/c14-7-3-1-2-5(6(7)4-20)8-9(15)11(17)13(19)12(18)10(8)16/h1-4H. The maximum atomic E-state index is 13.6. The van der Waals surface area contributed by atoms with E-state index in [9.17, 15) is 31.1 Å². The van der Waals surface area contributed by atoms with Gasteiger partial charge < -0.3 is 0 Å². The van der Waals surface area contributed by atoms with E-state index < -0.39 is 51.6 Å². The zero-order valence-corrected chi connectivity index (χ0v) is 9.49. The van der Waals surface area contributed by atoms with Crippen LogP contribution in [0.5, 0.6) is 0 Å². The molecule has 0 unspecified atom stereocenters. The number of hydrogen-bond acceptors (Lipinski definition) is 1. The third kappa shape index (κ3) is 1.95. The minimum absolute atomic E-state index is 0.0668. The predicted molar refractivity (Wildman–Crippen MR) is 57.0 cm³/mol. The Morgan fingerprint density at radius 2 is 1.25 bits per heavy atom. The number of hydrogen-bond donors (Lipinski definition) is 0. The first-order chi connectivity index (χ1) is 9.40. The van der Waals surface area contributed by atoms with Crippen LogP contribution in [0.4, 0.5) is 26.3 Å². The van der Waals surface area contributed by atoms with Gasteiger partial charge in [0.05, 0.1) is 11.1 Å². The van der Waals surface area contributed by atoms with Crippen molar-refractivity contribution >= 4 is 6.29 Å². The lowest BCUT2D eigenvalue weighted by Gasteiger charge is -2.10. The number of rotatable bonds is 2. The maximum absolute atomic E-state index is 13.6. The van der Waals surface area contributed by atoms with Gasteiger partial charge in [-0.15, -0.1) is 0 Å². The molecule has 104 valence electrons. The Hall–Kier alpha value is -2.31. The van der Waals surface area contributed by atoms with Crippen molar-refractivity contribution in [2.75, 3.05) is 0 Å². The quantitative estimate of drug-likeness (QED) is 0.353. The molecule has 7 heteroatoms. The Bertz CT molecular complexity index is 681. The summed E-state index contributed by atoms with van der Waals surface area (Å²) in [5, 5.41) is 0. The smallest absolute Gasteiger partial charge is 0.200 e. The van der Waals surface area contributed by atoms with Gasteiger partial charge in [0.2, 0.25) is 5.82 Å². The van der Waals surface area contributed by atoms with Gasteiger partial charge >= 0.3 is 0 Å². The van der Waals surface area contributed by atoms with Crippen LogP contribution in [0.15, 0.2) is 18.2 Å². The van der Waals surface area contributed by atoms with Crippen molar-refractivity contribution in [1.82, 2.24) is 0 Å². The molecule has 0 heterocycles. The molecule has 0 radical (unpaired) electrons. The van der Waals surface area contributed by atoms with Crippen LogP contribution >= 0.6 is 0 Å². The Kier molecular flexibility index (Phi) is 3.52. The van der Waals surface area contributed by atoms with Crippen LogP contribution in [0.25, 0.3) is 11.1 Å². The van der Waals surface area contributed by atoms with E-state index in [1.54, 1.807) is 0 Å². The Morgan fingerprint density at radius 1 is 0.750 bits per heavy atom. The summed E-state index contributed by atoms with van der Waals surface area (Å²) in [5.41, 5.74) is -2.86. The fraction of sp³-hybridized carbons (Fsp3) is 0. The maximum Gasteiger partial charge on any atom is 0.200 e. The molecule has 0 aromatic heterocycles. The number of benzene rings is 2. The molecule has 2 aromatic carbocycles. The molecular weight excluding hydrogens is 286 g/mol. The molecular formula is C13H4F6O. The van der Waals surface area contributed by atoms with Crippen LogP contribution in [-0.2, 0) is 0 Å². The molecule has 0 spiro atoms. The molecule has 0 N–H and O–H groups in total. The van der Waals surface area contributed by atoms with Gasteiger partial charge in [-0.25, -0.2) is 26.3 Å². The number of carbonyl (C=O) groups is 1. The molecule has 2 rings (SSSR count). The molecule has 2 aromatic rings. The summed E-state index contributed by atoms with van der Waals surface area (Å²) < 4.78 is 79.6. The molecule has 0 atom stereocenters. The molecule has 0 saturated carbocycles. The second kappa shape index (κ2) is 4.99. The Labute approximate surface area is 108 Å². The molecule has 0 aliphatic carbocycles. The lowest BCUT2D eigenvalue weighted by molar-refractivity contribution is 0.112. The monoisotopic (exact) mass is 290 g/mol. The van der Waals surface area contributed by atoms with Crippen molar-refractivity contribution in [3.63, 3.8) is 0 Å². The van der Waals surface area contributed by atoms with E-state index in [0.717, 1.165) is 18.2 Å². The van der Waals surface area contributed by atoms with Crippen molar-refractivity contribution < 1.29 is 31.1 Å². The second-order valence-electron chi connectivity index (χ2n) is 3.76. The van der Waals surface area contributed by atoms with Gasteiger partial charge in [-0.2, -0.15) is 0 Å². The van der Waals surface area contributed by atoms with Crippen molar-refractivity contribution in [1.29, 1.82) is 0 Å². The molecule has 1 nitrogen and oxygen atoms in total. The van der Waals surface area contributed by atoms with Gasteiger partial charge in [-0.1, -0.05) is 12.1 Å². The lowest BCUT2D eigenvalue weighted by atomic mass is 9.98. The second-order valence-corrected chi connectivity index (χ2v) is 3.76. The number of carbonyl (C=O) groups excluding carboxylic acids is 1. The summed E-state index contributed by atoms with van der Waals surface area (Å²) in [4.78, 5) is 10.7. The Morgan fingerprint density at radius 3 is 1.75 bits per heavy atom. The van der Waals surface area contributed by atoms with E-state index in [-0.39, 0.29) is 6.29 Å². The van der Waals surface area contributed by atoms with Crippen molar-refractivity contribution in [2.24, 2.45) is 0 Å². The summed E-state index contributed by atoms with van der Waals surface area (Å²) in [6.45, 7) is 0. The van der Waals surface area contributed by atoms with Crippen molar-refractivity contribution in [3.05, 3.63) is 58.7 Å². The molecule has 0 aliphatic heterocycles. The van der Waals surface area contributed by atoms with Crippen molar-refractivity contribution in [2.45, 2.75) is 0 Å². The first-order valence-electron chi connectivity index (χ1n) is 5.15. The van der Waals surface area contributed by atoms with Crippen LogP contribution in [-0.4, -0.2) is 6.29 Å². The van der Waals surface area contributed by atoms with E-state index in [1.165, 1.54) is 0 Å². The first kappa shape index (κ1) is 14.1. The molecule has 0 saturated heterocycles. The fourth-order valence-electron chi connectivity index (χ4n) is 1.72. The van der Waals surface area contributed by atoms with Crippen molar-refractivity contribution in [3.8, 4) is 11.1 Å². The van der Waals surface area contributed by atoms with Crippen LogP contribution in [0.2, 0.25) is 0 Å². The summed E-state index contributed by atoms with van der Waals surface area (Å²) in [7, 11) is 0. The third-order valence-electron chi connectivity index (χ3n) is 2.65. The normalized spacial score (nSPS) is 10.7. The summed E-state index contributed by atoms with van der Waals surface area (Å²) in [6, 6.07) is 2.68. The van der Waals surface area contributed by atoms with Crippen LogP contribution in [0.1, 0.15) is 10.4 Å². The molecule has 0 aliphatic rings. The number of aldehydes is 1. The number of halogens is 6. The highest BCUT2D eigenvalue weighted by Crippen LogP contribution is 2.33. The van der Waals surface area contributed by atoms with E-state index >= 15 is 0 Å². The minimum atomic E-state index is -2.33. The van der Waals surface area contributed by atoms with Gasteiger partial charge in [0.15, 0.2) is 29.6 Å². The average Bonchev–Trinajstić information content (AvgIpc) is 2.43. The van der Waals surface area contributed by atoms with Gasteiger partial charge in [-0.05, 0) is 6.07 Å². The van der Waals surface area contributed by atoms with Crippen LogP contribution in [0.3, 0.4) is 0 Å². The average molecular weight is 290 g/mol. The fourth-order valence-corrected chi connectivity index (χ4v) is 1.72. The van der Waals surface area contributed by atoms with E-state index in [2.05, 4.69) is 0 Å². The van der Waals surface area contributed by atoms with Crippen LogP contribution < -0.4 is 0 Å². The van der Waals surface area contributed by atoms with E-state index in [4.69, 9.17) is 0 Å². The highest BCUT2D eigenvalue weighted by Gasteiger charge is 2.28. The molecule has 0 amide bonds. The highest BCUT2D eigenvalue weighted by molar-refractivity contribution is 5.88. The SMILES string of the molecule is O=Cc1c(F)cccc1-c1c(F)c(F)c(F)c(F)c1F. The van der Waals surface area contributed by atoms with Gasteiger partial charge in [-0.3, -0.25) is 4.79 Å². The molecule has 20 heavy (non-hydrogen) atoms. The van der Waals surface area contributed by atoms with Gasteiger partial charge in [0.25, 0.3) is 0 Å².